The highest BCUT2D eigenvalue weighted by Gasteiger charge is 2.41. The summed E-state index contributed by atoms with van der Waals surface area (Å²) in [5.74, 6) is 2.94. The van der Waals surface area contributed by atoms with Crippen LogP contribution in [0.15, 0.2) is 0 Å². The molecule has 4 heteroatoms. The van der Waals surface area contributed by atoms with E-state index in [1.165, 1.54) is 42.7 Å². The number of nitrogens with zero attached hydrogens (tertiary/aromatic N) is 2. The molecule has 2 aliphatic rings. The molecule has 2 saturated carbocycles. The number of hydrogen-bond acceptors (Lipinski definition) is 4. The minimum Gasteiger partial charge on any atom is -0.312 e. The van der Waals surface area contributed by atoms with Crippen molar-refractivity contribution >= 4 is 11.5 Å². The second-order valence-corrected chi connectivity index (χ2v) is 8.53. The molecule has 1 heterocycles. The summed E-state index contributed by atoms with van der Waals surface area (Å²) in [6.07, 6.45) is 7.18. The van der Waals surface area contributed by atoms with Crippen molar-refractivity contribution in [2.45, 2.75) is 64.3 Å². The van der Waals surface area contributed by atoms with Crippen LogP contribution in [-0.4, -0.2) is 16.6 Å². The zero-order valence-electron chi connectivity index (χ0n) is 13.1. The first-order valence-electron chi connectivity index (χ1n) is 7.99. The highest BCUT2D eigenvalue weighted by molar-refractivity contribution is 7.05. The van der Waals surface area contributed by atoms with Gasteiger partial charge in [-0.25, -0.2) is 0 Å². The Balaban J connectivity index is 1.75. The molecular formula is C16H27N3S. The van der Waals surface area contributed by atoms with Crippen molar-refractivity contribution in [1.82, 2.24) is 14.9 Å². The van der Waals surface area contributed by atoms with Gasteiger partial charge in [-0.2, -0.15) is 0 Å². The number of aromatic nitrogens is 2. The minimum atomic E-state index is 0.0894. The van der Waals surface area contributed by atoms with Gasteiger partial charge >= 0.3 is 0 Å². The largest absolute Gasteiger partial charge is 0.312 e. The summed E-state index contributed by atoms with van der Waals surface area (Å²) in [5.41, 5.74) is 1.27. The van der Waals surface area contributed by atoms with Gasteiger partial charge in [-0.15, -0.1) is 5.10 Å². The highest BCUT2D eigenvalue weighted by Crippen LogP contribution is 2.51. The van der Waals surface area contributed by atoms with E-state index in [1.807, 2.05) is 0 Å². The molecule has 20 heavy (non-hydrogen) atoms. The molecule has 0 amide bonds. The van der Waals surface area contributed by atoms with Gasteiger partial charge in [0.1, 0.15) is 0 Å². The number of nitrogens with one attached hydrogen (secondary N) is 1. The lowest BCUT2D eigenvalue weighted by Crippen LogP contribution is -2.25. The third-order valence-electron chi connectivity index (χ3n) is 5.31. The van der Waals surface area contributed by atoms with Gasteiger partial charge in [0, 0.05) is 11.5 Å². The predicted octanol–water partition coefficient (Wildman–Crippen LogP) is 3.92. The molecule has 4 unspecified atom stereocenters. The Hall–Kier alpha value is -0.480. The third-order valence-corrected chi connectivity index (χ3v) is 6.15. The van der Waals surface area contributed by atoms with E-state index in [-0.39, 0.29) is 5.41 Å². The standard InChI is InChI=1S/C16H27N3S/c1-16(2,3)15-14(20-19-18-15)13(17-4)9-12-8-10-5-6-11(12)7-10/h10-13,17H,5-9H2,1-4H3. The molecule has 112 valence electrons. The van der Waals surface area contributed by atoms with E-state index < -0.39 is 0 Å². The summed E-state index contributed by atoms with van der Waals surface area (Å²) in [5, 5.41) is 7.94. The molecule has 1 N–H and O–H groups in total. The average Bonchev–Trinajstić information content (AvgIpc) is 3.09. The highest BCUT2D eigenvalue weighted by atomic mass is 32.1. The van der Waals surface area contributed by atoms with E-state index in [0.717, 1.165) is 17.8 Å². The van der Waals surface area contributed by atoms with Gasteiger partial charge in [0.25, 0.3) is 0 Å². The molecule has 0 aliphatic heterocycles. The van der Waals surface area contributed by atoms with Crippen LogP contribution >= 0.6 is 11.5 Å². The second kappa shape index (κ2) is 5.38. The van der Waals surface area contributed by atoms with Crippen LogP contribution in [0.4, 0.5) is 0 Å². The molecule has 3 nitrogen and oxygen atoms in total. The first-order chi connectivity index (χ1) is 9.49. The Labute approximate surface area is 126 Å². The second-order valence-electron chi connectivity index (χ2n) is 7.75. The zero-order chi connectivity index (χ0) is 14.3. The van der Waals surface area contributed by atoms with Crippen LogP contribution < -0.4 is 5.32 Å². The van der Waals surface area contributed by atoms with Gasteiger partial charge in [0.15, 0.2) is 0 Å². The maximum absolute atomic E-state index is 4.41. The first kappa shape index (κ1) is 14.5. The molecule has 0 spiro atoms. The van der Waals surface area contributed by atoms with Crippen LogP contribution in [0.1, 0.15) is 69.5 Å². The molecule has 3 rings (SSSR count). The monoisotopic (exact) mass is 293 g/mol. The average molecular weight is 293 g/mol. The Bertz CT molecular complexity index is 463. The van der Waals surface area contributed by atoms with Gasteiger partial charge in [-0.1, -0.05) is 31.7 Å². The van der Waals surface area contributed by atoms with Crippen LogP contribution in [0.25, 0.3) is 0 Å². The van der Waals surface area contributed by atoms with Crippen molar-refractivity contribution in [1.29, 1.82) is 0 Å². The van der Waals surface area contributed by atoms with Gasteiger partial charge in [-0.05, 0) is 62.0 Å². The van der Waals surface area contributed by atoms with Gasteiger partial charge < -0.3 is 5.32 Å². The molecule has 2 bridgehead atoms. The van der Waals surface area contributed by atoms with E-state index in [9.17, 15) is 0 Å². The number of fused-ring (bicyclic) bond motifs is 2. The van der Waals surface area contributed by atoms with E-state index in [2.05, 4.69) is 42.7 Å². The predicted molar refractivity (Wildman–Crippen MR) is 84.0 cm³/mol. The minimum absolute atomic E-state index is 0.0894. The molecule has 4 atom stereocenters. The zero-order valence-corrected chi connectivity index (χ0v) is 14.0. The maximum atomic E-state index is 4.41. The van der Waals surface area contributed by atoms with Crippen molar-refractivity contribution in [3.05, 3.63) is 10.6 Å². The first-order valence-corrected chi connectivity index (χ1v) is 8.76. The molecule has 2 fully saturated rings. The maximum Gasteiger partial charge on any atom is 0.0857 e. The topological polar surface area (TPSA) is 37.8 Å². The van der Waals surface area contributed by atoms with Gasteiger partial charge in [-0.3, -0.25) is 0 Å². The van der Waals surface area contributed by atoms with E-state index in [0.29, 0.717) is 6.04 Å². The molecule has 2 aliphatic carbocycles. The van der Waals surface area contributed by atoms with Crippen LogP contribution in [0.5, 0.6) is 0 Å². The molecule has 0 saturated heterocycles. The van der Waals surface area contributed by atoms with Crippen molar-refractivity contribution in [3.8, 4) is 0 Å². The van der Waals surface area contributed by atoms with Crippen molar-refractivity contribution in [2.75, 3.05) is 7.05 Å². The third kappa shape index (κ3) is 2.64. The SMILES string of the molecule is CNC(CC1CC2CCC1C2)c1snnc1C(C)(C)C. The van der Waals surface area contributed by atoms with Crippen molar-refractivity contribution in [3.63, 3.8) is 0 Å². The fourth-order valence-electron chi connectivity index (χ4n) is 4.27. The lowest BCUT2D eigenvalue weighted by atomic mass is 9.82. The lowest BCUT2D eigenvalue weighted by Gasteiger charge is -2.27. The van der Waals surface area contributed by atoms with Crippen molar-refractivity contribution < 1.29 is 0 Å². The Morgan fingerprint density at radius 2 is 2.10 bits per heavy atom. The van der Waals surface area contributed by atoms with Gasteiger partial charge in [0.05, 0.1) is 10.6 Å². The summed E-state index contributed by atoms with van der Waals surface area (Å²) < 4.78 is 4.23. The van der Waals surface area contributed by atoms with E-state index in [4.69, 9.17) is 0 Å². The summed E-state index contributed by atoms with van der Waals surface area (Å²) >= 11 is 1.59. The van der Waals surface area contributed by atoms with Crippen LogP contribution in [0, 0.1) is 17.8 Å². The van der Waals surface area contributed by atoms with E-state index >= 15 is 0 Å². The summed E-state index contributed by atoms with van der Waals surface area (Å²) in [4.78, 5) is 1.36. The fourth-order valence-corrected chi connectivity index (χ4v) is 5.26. The quantitative estimate of drug-likeness (QED) is 0.914. The Morgan fingerprint density at radius 1 is 1.30 bits per heavy atom. The number of rotatable bonds is 4. The molecule has 1 aromatic rings. The fraction of sp³-hybridized carbons (Fsp3) is 0.875. The van der Waals surface area contributed by atoms with Crippen molar-refractivity contribution in [2.24, 2.45) is 17.8 Å². The van der Waals surface area contributed by atoms with Crippen LogP contribution in [0.3, 0.4) is 0 Å². The summed E-state index contributed by atoms with van der Waals surface area (Å²) in [6.45, 7) is 6.70. The van der Waals surface area contributed by atoms with Gasteiger partial charge in [0.2, 0.25) is 0 Å². The molecule has 0 radical (unpaired) electrons. The van der Waals surface area contributed by atoms with Crippen LogP contribution in [0.2, 0.25) is 0 Å². The Morgan fingerprint density at radius 3 is 2.65 bits per heavy atom. The summed E-state index contributed by atoms with van der Waals surface area (Å²) in [6, 6.07) is 0.438. The Kier molecular flexibility index (Phi) is 3.89. The van der Waals surface area contributed by atoms with E-state index in [1.54, 1.807) is 11.5 Å². The van der Waals surface area contributed by atoms with Crippen LogP contribution in [-0.2, 0) is 5.41 Å². The molecular weight excluding hydrogens is 266 g/mol. The lowest BCUT2D eigenvalue weighted by molar-refractivity contribution is 0.284. The number of hydrogen-bond donors (Lipinski definition) is 1. The molecule has 1 aromatic heterocycles. The molecule has 0 aromatic carbocycles. The smallest absolute Gasteiger partial charge is 0.0857 e. The normalized spacial score (nSPS) is 30.9. The summed E-state index contributed by atoms with van der Waals surface area (Å²) in [7, 11) is 2.09.